The van der Waals surface area contributed by atoms with Gasteiger partial charge in [0.25, 0.3) is 0 Å². The molecule has 0 saturated heterocycles. The lowest BCUT2D eigenvalue weighted by molar-refractivity contribution is 0.174. The molecule has 1 aliphatic heterocycles. The van der Waals surface area contributed by atoms with Crippen molar-refractivity contribution >= 4 is 23.0 Å². The van der Waals surface area contributed by atoms with Gasteiger partial charge < -0.3 is 14.8 Å². The summed E-state index contributed by atoms with van der Waals surface area (Å²) < 4.78 is 25.2. The number of ether oxygens (including phenoxy) is 2. The van der Waals surface area contributed by atoms with E-state index in [1.165, 1.54) is 6.07 Å². The molecule has 1 aliphatic rings. The van der Waals surface area contributed by atoms with Crippen LogP contribution in [0.25, 0.3) is 0 Å². The van der Waals surface area contributed by atoms with Crippen LogP contribution in [0.15, 0.2) is 60.7 Å². The molecule has 0 spiro atoms. The van der Waals surface area contributed by atoms with Gasteiger partial charge in [-0.3, -0.25) is 0 Å². The Morgan fingerprint density at radius 2 is 1.84 bits per heavy atom. The standard InChI is InChI=1S/C26H23ClFNO2/c1-3-26(2,19-7-13-24-25(16-19)31-17-30-24)14-4-5-18-6-12-22(28)23(15-18)29-21-10-8-20(27)9-11-21/h1,6-13,15-16,29H,4-5,14,17H2,2H3. The number of aryl methyl sites for hydroxylation is 1. The minimum Gasteiger partial charge on any atom is -0.454 e. The summed E-state index contributed by atoms with van der Waals surface area (Å²) in [6.07, 6.45) is 8.36. The Balaban J connectivity index is 1.42. The number of benzene rings is 3. The molecule has 1 heterocycles. The van der Waals surface area contributed by atoms with Crippen molar-refractivity contribution in [2.24, 2.45) is 0 Å². The van der Waals surface area contributed by atoms with Crippen LogP contribution in [0.4, 0.5) is 15.8 Å². The van der Waals surface area contributed by atoms with Crippen LogP contribution >= 0.6 is 11.6 Å². The van der Waals surface area contributed by atoms with Gasteiger partial charge in [-0.2, -0.15) is 0 Å². The normalized spacial score (nSPS) is 14.0. The van der Waals surface area contributed by atoms with E-state index >= 15 is 0 Å². The number of hydrogen-bond donors (Lipinski definition) is 1. The van der Waals surface area contributed by atoms with Crippen molar-refractivity contribution in [3.05, 3.63) is 82.6 Å². The minimum absolute atomic E-state index is 0.239. The summed E-state index contributed by atoms with van der Waals surface area (Å²) in [5.74, 6) is 4.13. The lowest BCUT2D eigenvalue weighted by Gasteiger charge is -2.24. The summed E-state index contributed by atoms with van der Waals surface area (Å²) in [7, 11) is 0. The van der Waals surface area contributed by atoms with Crippen LogP contribution in [0.2, 0.25) is 5.02 Å². The SMILES string of the molecule is C#CC(C)(CCCc1ccc(F)c(Nc2ccc(Cl)cc2)c1)c1ccc2c(c1)OCO2. The topological polar surface area (TPSA) is 30.5 Å². The van der Waals surface area contributed by atoms with Gasteiger partial charge in [0.2, 0.25) is 6.79 Å². The summed E-state index contributed by atoms with van der Waals surface area (Å²) >= 11 is 5.92. The van der Waals surface area contributed by atoms with E-state index in [1.54, 1.807) is 12.1 Å². The van der Waals surface area contributed by atoms with E-state index in [0.29, 0.717) is 10.7 Å². The van der Waals surface area contributed by atoms with Gasteiger partial charge in [-0.05, 0) is 85.8 Å². The van der Waals surface area contributed by atoms with E-state index in [9.17, 15) is 4.39 Å². The first-order valence-electron chi connectivity index (χ1n) is 10.2. The lowest BCUT2D eigenvalue weighted by atomic mass is 9.78. The predicted octanol–water partition coefficient (Wildman–Crippen LogP) is 6.87. The summed E-state index contributed by atoms with van der Waals surface area (Å²) in [6, 6.07) is 18.2. The monoisotopic (exact) mass is 435 g/mol. The zero-order chi connectivity index (χ0) is 21.8. The fourth-order valence-corrected chi connectivity index (χ4v) is 3.82. The van der Waals surface area contributed by atoms with Crippen LogP contribution in [0.5, 0.6) is 11.5 Å². The van der Waals surface area contributed by atoms with Crippen LogP contribution in [-0.4, -0.2) is 6.79 Å². The predicted molar refractivity (Wildman–Crippen MR) is 123 cm³/mol. The maximum atomic E-state index is 14.3. The first-order valence-corrected chi connectivity index (χ1v) is 10.5. The molecule has 3 aromatic rings. The number of nitrogens with one attached hydrogen (secondary N) is 1. The molecular weight excluding hydrogens is 413 g/mol. The van der Waals surface area contributed by atoms with Gasteiger partial charge in [0.15, 0.2) is 11.5 Å². The van der Waals surface area contributed by atoms with Crippen molar-refractivity contribution < 1.29 is 13.9 Å². The molecule has 5 heteroatoms. The molecule has 3 aromatic carbocycles. The van der Waals surface area contributed by atoms with Crippen molar-refractivity contribution in [2.75, 3.05) is 12.1 Å². The Morgan fingerprint density at radius 3 is 2.61 bits per heavy atom. The molecule has 0 radical (unpaired) electrons. The average molecular weight is 436 g/mol. The summed E-state index contributed by atoms with van der Waals surface area (Å²) in [5.41, 5.74) is 2.87. The molecule has 0 saturated carbocycles. The number of anilines is 2. The fraction of sp³-hybridized carbons (Fsp3) is 0.231. The number of terminal acetylenes is 1. The number of rotatable bonds is 7. The molecule has 0 fully saturated rings. The second-order valence-corrected chi connectivity index (χ2v) is 8.28. The maximum absolute atomic E-state index is 14.3. The van der Waals surface area contributed by atoms with Crippen molar-refractivity contribution in [3.63, 3.8) is 0 Å². The number of halogens is 2. The molecular formula is C26H23ClFNO2. The Morgan fingerprint density at radius 1 is 1.06 bits per heavy atom. The highest BCUT2D eigenvalue weighted by Gasteiger charge is 2.26. The van der Waals surface area contributed by atoms with Gasteiger partial charge in [0.05, 0.1) is 11.1 Å². The van der Waals surface area contributed by atoms with E-state index in [4.69, 9.17) is 27.5 Å². The Kier molecular flexibility index (Phi) is 6.06. The van der Waals surface area contributed by atoms with Crippen LogP contribution in [0.1, 0.15) is 30.9 Å². The second kappa shape index (κ2) is 8.91. The van der Waals surface area contributed by atoms with E-state index in [-0.39, 0.29) is 12.6 Å². The highest BCUT2D eigenvalue weighted by atomic mass is 35.5. The molecule has 0 aromatic heterocycles. The number of hydrogen-bond acceptors (Lipinski definition) is 3. The highest BCUT2D eigenvalue weighted by molar-refractivity contribution is 6.30. The Labute approximate surface area is 187 Å². The number of fused-ring (bicyclic) bond motifs is 1. The second-order valence-electron chi connectivity index (χ2n) is 7.84. The van der Waals surface area contributed by atoms with Crippen LogP contribution < -0.4 is 14.8 Å². The van der Waals surface area contributed by atoms with Gasteiger partial charge in [0, 0.05) is 10.7 Å². The maximum Gasteiger partial charge on any atom is 0.231 e. The summed E-state index contributed by atoms with van der Waals surface area (Å²) in [5, 5.41) is 3.75. The molecule has 1 atom stereocenters. The van der Waals surface area contributed by atoms with Gasteiger partial charge in [-0.25, -0.2) is 4.39 Å². The summed E-state index contributed by atoms with van der Waals surface area (Å²) in [6.45, 7) is 2.30. The quantitative estimate of drug-likeness (QED) is 0.411. The molecule has 1 unspecified atom stereocenters. The van der Waals surface area contributed by atoms with Gasteiger partial charge in [-0.15, -0.1) is 6.42 Å². The van der Waals surface area contributed by atoms with Crippen molar-refractivity contribution in [1.29, 1.82) is 0 Å². The van der Waals surface area contributed by atoms with Gasteiger partial charge >= 0.3 is 0 Å². The first kappa shape index (κ1) is 21.1. The molecule has 3 nitrogen and oxygen atoms in total. The first-order chi connectivity index (χ1) is 15.0. The average Bonchev–Trinajstić information content (AvgIpc) is 3.25. The third kappa shape index (κ3) is 4.78. The highest BCUT2D eigenvalue weighted by Crippen LogP contribution is 2.38. The third-order valence-electron chi connectivity index (χ3n) is 5.62. The molecule has 0 aliphatic carbocycles. The molecule has 4 rings (SSSR count). The minimum atomic E-state index is -0.425. The van der Waals surface area contributed by atoms with E-state index < -0.39 is 5.41 Å². The van der Waals surface area contributed by atoms with Gasteiger partial charge in [0.1, 0.15) is 5.82 Å². The van der Waals surface area contributed by atoms with E-state index in [0.717, 1.165) is 47.6 Å². The molecule has 0 bridgehead atoms. The van der Waals surface area contributed by atoms with E-state index in [1.807, 2.05) is 42.5 Å². The molecule has 158 valence electrons. The summed E-state index contributed by atoms with van der Waals surface area (Å²) in [4.78, 5) is 0. The molecule has 31 heavy (non-hydrogen) atoms. The zero-order valence-electron chi connectivity index (χ0n) is 17.3. The molecule has 1 N–H and O–H groups in total. The van der Waals surface area contributed by atoms with Crippen molar-refractivity contribution in [2.45, 2.75) is 31.6 Å². The van der Waals surface area contributed by atoms with Crippen LogP contribution in [0.3, 0.4) is 0 Å². The van der Waals surface area contributed by atoms with Crippen LogP contribution in [0, 0.1) is 18.2 Å². The van der Waals surface area contributed by atoms with Crippen LogP contribution in [-0.2, 0) is 11.8 Å². The fourth-order valence-electron chi connectivity index (χ4n) is 3.70. The molecule has 0 amide bonds. The smallest absolute Gasteiger partial charge is 0.231 e. The largest absolute Gasteiger partial charge is 0.454 e. The Hall–Kier alpha value is -3.16. The van der Waals surface area contributed by atoms with Crippen molar-refractivity contribution in [1.82, 2.24) is 0 Å². The van der Waals surface area contributed by atoms with E-state index in [2.05, 4.69) is 18.2 Å². The zero-order valence-corrected chi connectivity index (χ0v) is 18.0. The third-order valence-corrected chi connectivity index (χ3v) is 5.88. The Bertz CT molecular complexity index is 1120. The van der Waals surface area contributed by atoms with Crippen molar-refractivity contribution in [3.8, 4) is 23.8 Å². The van der Waals surface area contributed by atoms with Gasteiger partial charge in [-0.1, -0.05) is 29.7 Å². The lowest BCUT2D eigenvalue weighted by Crippen LogP contribution is -2.19.